The van der Waals surface area contributed by atoms with Crippen molar-refractivity contribution in [1.29, 1.82) is 0 Å². The maximum atomic E-state index is 12.1. The van der Waals surface area contributed by atoms with Crippen molar-refractivity contribution in [2.75, 3.05) is 6.54 Å². The minimum absolute atomic E-state index is 0.137. The van der Waals surface area contributed by atoms with E-state index < -0.39 is 0 Å². The second kappa shape index (κ2) is 5.72. The van der Waals surface area contributed by atoms with E-state index in [1.165, 1.54) is 4.68 Å². The van der Waals surface area contributed by atoms with Crippen molar-refractivity contribution in [3.63, 3.8) is 0 Å². The van der Waals surface area contributed by atoms with Crippen LogP contribution in [0.2, 0.25) is 0 Å². The average molecular weight is 281 g/mol. The van der Waals surface area contributed by atoms with E-state index in [0.717, 1.165) is 11.3 Å². The van der Waals surface area contributed by atoms with Crippen molar-refractivity contribution < 1.29 is 0 Å². The molecule has 0 unspecified atom stereocenters. The van der Waals surface area contributed by atoms with Crippen LogP contribution in [0.15, 0.2) is 53.5 Å². The van der Waals surface area contributed by atoms with Crippen molar-refractivity contribution in [2.24, 2.45) is 5.73 Å². The van der Waals surface area contributed by atoms with Crippen LogP contribution in [-0.4, -0.2) is 26.5 Å². The molecular weight excluding hydrogens is 266 g/mol. The molecule has 0 radical (unpaired) electrons. The molecule has 2 heterocycles. The Hall–Kier alpha value is -2.73. The van der Waals surface area contributed by atoms with Gasteiger partial charge in [-0.05, 0) is 25.1 Å². The number of nitrogens with zero attached hydrogens (tertiary/aromatic N) is 3. The number of rotatable bonds is 4. The predicted octanol–water partition coefficient (Wildman–Crippen LogP) is 1.12. The molecule has 0 amide bonds. The molecule has 0 spiro atoms. The third-order valence-electron chi connectivity index (χ3n) is 3.21. The van der Waals surface area contributed by atoms with E-state index in [4.69, 9.17) is 5.73 Å². The van der Waals surface area contributed by atoms with E-state index in [1.807, 2.05) is 36.4 Å². The Balaban J connectivity index is 1.93. The molecule has 106 valence electrons. The van der Waals surface area contributed by atoms with Gasteiger partial charge in [-0.3, -0.25) is 9.89 Å². The number of H-pyrrole nitrogens is 1. The summed E-state index contributed by atoms with van der Waals surface area (Å²) in [5.74, 6) is 0.461. The molecule has 3 rings (SSSR count). The van der Waals surface area contributed by atoms with Gasteiger partial charge in [-0.25, -0.2) is 0 Å². The highest BCUT2D eigenvalue weighted by Crippen LogP contribution is 2.15. The average Bonchev–Trinajstić information content (AvgIpc) is 2.90. The zero-order valence-corrected chi connectivity index (χ0v) is 11.4. The first-order valence-corrected chi connectivity index (χ1v) is 6.68. The third-order valence-corrected chi connectivity index (χ3v) is 3.21. The number of nitrogens with one attached hydrogen (secondary N) is 1. The Labute approximate surface area is 121 Å². The number of aromatic nitrogens is 4. The minimum atomic E-state index is -0.137. The van der Waals surface area contributed by atoms with Crippen LogP contribution in [0.25, 0.3) is 17.1 Å². The fourth-order valence-electron chi connectivity index (χ4n) is 2.12. The zero-order chi connectivity index (χ0) is 14.7. The van der Waals surface area contributed by atoms with Crippen molar-refractivity contribution in [3.05, 3.63) is 64.6 Å². The van der Waals surface area contributed by atoms with E-state index in [2.05, 4.69) is 15.3 Å². The maximum Gasteiger partial charge on any atom is 0.275 e. The highest BCUT2D eigenvalue weighted by Gasteiger charge is 2.09. The van der Waals surface area contributed by atoms with Gasteiger partial charge in [0.2, 0.25) is 0 Å². The molecule has 0 bridgehead atoms. The smallest absolute Gasteiger partial charge is 0.275 e. The molecule has 6 heteroatoms. The van der Waals surface area contributed by atoms with Gasteiger partial charge in [-0.1, -0.05) is 30.3 Å². The van der Waals surface area contributed by atoms with E-state index in [-0.39, 0.29) is 5.56 Å². The van der Waals surface area contributed by atoms with Crippen LogP contribution < -0.4 is 11.3 Å². The van der Waals surface area contributed by atoms with Crippen LogP contribution in [-0.2, 0) is 6.42 Å². The highest BCUT2D eigenvalue weighted by atomic mass is 16.1. The van der Waals surface area contributed by atoms with Crippen LogP contribution in [0, 0.1) is 0 Å². The normalized spacial score (nSPS) is 10.7. The van der Waals surface area contributed by atoms with Crippen LogP contribution in [0.4, 0.5) is 0 Å². The first kappa shape index (κ1) is 13.3. The van der Waals surface area contributed by atoms with Gasteiger partial charge in [0.25, 0.3) is 5.56 Å². The largest absolute Gasteiger partial charge is 0.330 e. The Morgan fingerprint density at radius 1 is 1.10 bits per heavy atom. The molecule has 0 atom stereocenters. The van der Waals surface area contributed by atoms with Crippen LogP contribution in [0.3, 0.4) is 0 Å². The number of nitrogens with two attached hydrogens (primary N) is 1. The molecule has 3 N–H and O–H groups in total. The summed E-state index contributed by atoms with van der Waals surface area (Å²) in [6, 6.07) is 13.4. The summed E-state index contributed by atoms with van der Waals surface area (Å²) in [5, 5.41) is 11.2. The summed E-state index contributed by atoms with van der Waals surface area (Å²) < 4.78 is 1.37. The first-order valence-electron chi connectivity index (χ1n) is 6.68. The Morgan fingerprint density at radius 3 is 2.57 bits per heavy atom. The molecule has 0 aliphatic rings. The summed E-state index contributed by atoms with van der Waals surface area (Å²) in [7, 11) is 0. The van der Waals surface area contributed by atoms with Crippen molar-refractivity contribution in [2.45, 2.75) is 6.42 Å². The van der Waals surface area contributed by atoms with Gasteiger partial charge in [0.05, 0.1) is 5.69 Å². The van der Waals surface area contributed by atoms with Crippen LogP contribution in [0.5, 0.6) is 0 Å². The molecule has 21 heavy (non-hydrogen) atoms. The molecule has 3 aromatic rings. The molecule has 0 aliphatic carbocycles. The molecule has 0 saturated heterocycles. The number of aromatic amines is 1. The summed E-state index contributed by atoms with van der Waals surface area (Å²) in [6.07, 6.45) is 2.19. The molecular formula is C15H15N5O. The van der Waals surface area contributed by atoms with Crippen LogP contribution >= 0.6 is 0 Å². The lowest BCUT2D eigenvalue weighted by Crippen LogP contribution is -2.20. The number of hydrogen-bond donors (Lipinski definition) is 2. The standard InChI is InChI=1S/C15H15N5O/c16-9-8-12-10-17-20(15(12)21)14-7-6-13(18-19-14)11-4-2-1-3-5-11/h1-7,10,17H,8-9,16H2. The lowest BCUT2D eigenvalue weighted by atomic mass is 10.1. The summed E-state index contributed by atoms with van der Waals surface area (Å²) >= 11 is 0. The zero-order valence-electron chi connectivity index (χ0n) is 11.4. The van der Waals surface area contributed by atoms with E-state index >= 15 is 0 Å². The fraction of sp³-hybridized carbons (Fsp3) is 0.133. The molecule has 0 saturated carbocycles. The van der Waals surface area contributed by atoms with E-state index in [9.17, 15) is 4.79 Å². The molecule has 2 aromatic heterocycles. The van der Waals surface area contributed by atoms with Gasteiger partial charge in [0.1, 0.15) is 0 Å². The fourth-order valence-corrected chi connectivity index (χ4v) is 2.12. The third kappa shape index (κ3) is 2.61. The molecule has 0 aliphatic heterocycles. The summed E-state index contributed by atoms with van der Waals surface area (Å²) in [4.78, 5) is 12.1. The Kier molecular flexibility index (Phi) is 3.61. The van der Waals surface area contributed by atoms with Gasteiger partial charge >= 0.3 is 0 Å². The SMILES string of the molecule is NCCc1c[nH]n(-c2ccc(-c3ccccc3)nn2)c1=O. The molecule has 1 aromatic carbocycles. The quantitative estimate of drug-likeness (QED) is 0.750. The predicted molar refractivity (Wildman–Crippen MR) is 80.2 cm³/mol. The lowest BCUT2D eigenvalue weighted by molar-refractivity contribution is 0.789. The molecule has 6 nitrogen and oxygen atoms in total. The summed E-state index contributed by atoms with van der Waals surface area (Å²) in [6.45, 7) is 0.436. The first-order chi connectivity index (χ1) is 10.3. The van der Waals surface area contributed by atoms with E-state index in [0.29, 0.717) is 24.3 Å². The highest BCUT2D eigenvalue weighted by molar-refractivity contribution is 5.58. The van der Waals surface area contributed by atoms with Gasteiger partial charge in [-0.15, -0.1) is 10.2 Å². The second-order valence-corrected chi connectivity index (χ2v) is 4.62. The Bertz CT molecular complexity index is 774. The number of hydrogen-bond acceptors (Lipinski definition) is 4. The monoisotopic (exact) mass is 281 g/mol. The van der Waals surface area contributed by atoms with Gasteiger partial charge in [-0.2, -0.15) is 4.68 Å². The van der Waals surface area contributed by atoms with Gasteiger partial charge in [0.15, 0.2) is 5.82 Å². The van der Waals surface area contributed by atoms with Crippen molar-refractivity contribution in [1.82, 2.24) is 20.0 Å². The topological polar surface area (TPSA) is 89.6 Å². The Morgan fingerprint density at radius 2 is 1.90 bits per heavy atom. The molecule has 0 fully saturated rings. The van der Waals surface area contributed by atoms with Crippen LogP contribution in [0.1, 0.15) is 5.56 Å². The van der Waals surface area contributed by atoms with Gasteiger partial charge in [0, 0.05) is 17.3 Å². The number of benzene rings is 1. The summed E-state index contributed by atoms with van der Waals surface area (Å²) in [5.41, 5.74) is 7.73. The minimum Gasteiger partial charge on any atom is -0.330 e. The lowest BCUT2D eigenvalue weighted by Gasteiger charge is -2.02. The van der Waals surface area contributed by atoms with Crippen molar-refractivity contribution in [3.8, 4) is 17.1 Å². The van der Waals surface area contributed by atoms with Crippen molar-refractivity contribution >= 4 is 0 Å². The second-order valence-electron chi connectivity index (χ2n) is 4.62. The maximum absolute atomic E-state index is 12.1. The van der Waals surface area contributed by atoms with E-state index in [1.54, 1.807) is 12.3 Å². The van der Waals surface area contributed by atoms with Gasteiger partial charge < -0.3 is 5.73 Å².